The van der Waals surface area contributed by atoms with Crippen molar-refractivity contribution in [1.29, 1.82) is 0 Å². The van der Waals surface area contributed by atoms with Crippen molar-refractivity contribution in [3.63, 3.8) is 0 Å². The summed E-state index contributed by atoms with van der Waals surface area (Å²) < 4.78 is 44.8. The van der Waals surface area contributed by atoms with Crippen molar-refractivity contribution in [3.8, 4) is 17.4 Å². The molecular formula is C11H8F3N3O2. The molecule has 2 aromatic rings. The Labute approximate surface area is 105 Å². The Morgan fingerprint density at radius 1 is 0.895 bits per heavy atom. The standard InChI is InChI=1S/C11H8F3N3O2/c12-11(13,14)19-8-3-1-7(2-4-8)18-10-6-5-9(15)16-17-10/h1-6H,(H2,15,16). The van der Waals surface area contributed by atoms with Crippen LogP contribution >= 0.6 is 0 Å². The molecular weight excluding hydrogens is 263 g/mol. The Morgan fingerprint density at radius 3 is 2.05 bits per heavy atom. The summed E-state index contributed by atoms with van der Waals surface area (Å²) in [6.45, 7) is 0. The minimum atomic E-state index is -4.72. The lowest BCUT2D eigenvalue weighted by Gasteiger charge is -2.09. The number of anilines is 1. The summed E-state index contributed by atoms with van der Waals surface area (Å²) in [6, 6.07) is 7.88. The molecule has 0 spiro atoms. The van der Waals surface area contributed by atoms with E-state index in [1.807, 2.05) is 0 Å². The molecule has 0 saturated heterocycles. The number of nitrogens with two attached hydrogens (primary N) is 1. The van der Waals surface area contributed by atoms with Crippen molar-refractivity contribution in [2.24, 2.45) is 0 Å². The van der Waals surface area contributed by atoms with E-state index in [1.165, 1.54) is 24.3 Å². The lowest BCUT2D eigenvalue weighted by Crippen LogP contribution is -2.16. The highest BCUT2D eigenvalue weighted by Crippen LogP contribution is 2.26. The Hall–Kier alpha value is -2.51. The van der Waals surface area contributed by atoms with Crippen LogP contribution in [0, 0.1) is 0 Å². The molecule has 0 aliphatic rings. The van der Waals surface area contributed by atoms with Crippen LogP contribution in [0.3, 0.4) is 0 Å². The topological polar surface area (TPSA) is 70.3 Å². The molecule has 100 valence electrons. The number of hydrogen-bond donors (Lipinski definition) is 1. The molecule has 0 radical (unpaired) electrons. The van der Waals surface area contributed by atoms with E-state index in [4.69, 9.17) is 10.5 Å². The predicted molar refractivity (Wildman–Crippen MR) is 59.6 cm³/mol. The van der Waals surface area contributed by atoms with Crippen LogP contribution in [-0.4, -0.2) is 16.6 Å². The second-order valence-electron chi connectivity index (χ2n) is 3.42. The molecule has 2 N–H and O–H groups in total. The Kier molecular flexibility index (Phi) is 3.41. The van der Waals surface area contributed by atoms with E-state index in [1.54, 1.807) is 0 Å². The SMILES string of the molecule is Nc1ccc(Oc2ccc(OC(F)(F)F)cc2)nn1. The van der Waals surface area contributed by atoms with Crippen LogP contribution in [-0.2, 0) is 0 Å². The Bertz CT molecular complexity index is 541. The number of nitrogen functional groups attached to an aromatic ring is 1. The molecule has 1 aromatic heterocycles. The molecule has 8 heteroatoms. The largest absolute Gasteiger partial charge is 0.573 e. The van der Waals surface area contributed by atoms with Gasteiger partial charge in [-0.15, -0.1) is 23.4 Å². The van der Waals surface area contributed by atoms with Crippen LogP contribution in [0.15, 0.2) is 36.4 Å². The average Bonchev–Trinajstić information content (AvgIpc) is 2.33. The summed E-state index contributed by atoms with van der Waals surface area (Å²) in [6.07, 6.45) is -4.72. The molecule has 19 heavy (non-hydrogen) atoms. The van der Waals surface area contributed by atoms with Gasteiger partial charge in [0, 0.05) is 6.07 Å². The first-order valence-electron chi connectivity index (χ1n) is 5.05. The molecule has 0 aliphatic carbocycles. The maximum atomic E-state index is 11.9. The molecule has 0 saturated carbocycles. The quantitative estimate of drug-likeness (QED) is 0.929. The van der Waals surface area contributed by atoms with Gasteiger partial charge in [0.25, 0.3) is 0 Å². The number of nitrogens with zero attached hydrogens (tertiary/aromatic N) is 2. The second kappa shape index (κ2) is 5.01. The van der Waals surface area contributed by atoms with Crippen LogP contribution in [0.2, 0.25) is 0 Å². The third-order valence-corrected chi connectivity index (χ3v) is 1.94. The van der Waals surface area contributed by atoms with E-state index < -0.39 is 6.36 Å². The van der Waals surface area contributed by atoms with Crippen LogP contribution in [0.1, 0.15) is 0 Å². The summed E-state index contributed by atoms with van der Waals surface area (Å²) >= 11 is 0. The molecule has 0 fully saturated rings. The molecule has 1 aromatic carbocycles. The van der Waals surface area contributed by atoms with Crippen molar-refractivity contribution in [2.75, 3.05) is 5.73 Å². The number of alkyl halides is 3. The smallest absolute Gasteiger partial charge is 0.438 e. The molecule has 0 aliphatic heterocycles. The van der Waals surface area contributed by atoms with E-state index in [2.05, 4.69) is 14.9 Å². The number of benzene rings is 1. The lowest BCUT2D eigenvalue weighted by atomic mass is 10.3. The number of ether oxygens (including phenoxy) is 2. The zero-order chi connectivity index (χ0) is 13.9. The normalized spacial score (nSPS) is 11.1. The van der Waals surface area contributed by atoms with Crippen molar-refractivity contribution in [2.45, 2.75) is 6.36 Å². The number of hydrogen-bond acceptors (Lipinski definition) is 5. The van der Waals surface area contributed by atoms with Gasteiger partial charge in [-0.3, -0.25) is 0 Å². The van der Waals surface area contributed by atoms with E-state index in [0.717, 1.165) is 12.1 Å². The highest BCUT2D eigenvalue weighted by atomic mass is 19.4. The zero-order valence-electron chi connectivity index (χ0n) is 9.39. The third kappa shape index (κ3) is 4.02. The van der Waals surface area contributed by atoms with Gasteiger partial charge < -0.3 is 15.2 Å². The summed E-state index contributed by atoms with van der Waals surface area (Å²) in [4.78, 5) is 0. The molecule has 5 nitrogen and oxygen atoms in total. The van der Waals surface area contributed by atoms with Gasteiger partial charge in [-0.2, -0.15) is 0 Å². The second-order valence-corrected chi connectivity index (χ2v) is 3.42. The van der Waals surface area contributed by atoms with Gasteiger partial charge in [0.2, 0.25) is 5.88 Å². The lowest BCUT2D eigenvalue weighted by molar-refractivity contribution is -0.274. The molecule has 2 rings (SSSR count). The van der Waals surface area contributed by atoms with E-state index >= 15 is 0 Å². The monoisotopic (exact) mass is 271 g/mol. The first-order chi connectivity index (χ1) is 8.92. The van der Waals surface area contributed by atoms with Gasteiger partial charge in [-0.1, -0.05) is 0 Å². The van der Waals surface area contributed by atoms with Crippen molar-refractivity contribution in [3.05, 3.63) is 36.4 Å². The highest BCUT2D eigenvalue weighted by Gasteiger charge is 2.30. The van der Waals surface area contributed by atoms with Crippen LogP contribution in [0.4, 0.5) is 19.0 Å². The van der Waals surface area contributed by atoms with E-state index in [0.29, 0.717) is 5.75 Å². The summed E-state index contributed by atoms with van der Waals surface area (Å²) in [5.74, 6) is 0.386. The molecule has 0 bridgehead atoms. The fraction of sp³-hybridized carbons (Fsp3) is 0.0909. The zero-order valence-corrected chi connectivity index (χ0v) is 9.39. The van der Waals surface area contributed by atoms with Crippen molar-refractivity contribution >= 4 is 5.82 Å². The summed E-state index contributed by atoms with van der Waals surface area (Å²) in [5.41, 5.74) is 5.35. The van der Waals surface area contributed by atoms with Gasteiger partial charge in [-0.25, -0.2) is 0 Å². The molecule has 0 unspecified atom stereocenters. The van der Waals surface area contributed by atoms with Crippen LogP contribution < -0.4 is 15.2 Å². The van der Waals surface area contributed by atoms with Crippen molar-refractivity contribution < 1.29 is 22.6 Å². The molecule has 0 amide bonds. The molecule has 1 heterocycles. The Balaban J connectivity index is 2.04. The summed E-state index contributed by atoms with van der Waals surface area (Å²) in [5, 5.41) is 7.22. The first kappa shape index (κ1) is 12.9. The molecule has 0 atom stereocenters. The average molecular weight is 271 g/mol. The highest BCUT2D eigenvalue weighted by molar-refractivity contribution is 5.34. The third-order valence-electron chi connectivity index (χ3n) is 1.94. The van der Waals surface area contributed by atoms with Crippen LogP contribution in [0.5, 0.6) is 17.4 Å². The van der Waals surface area contributed by atoms with Gasteiger partial charge in [0.05, 0.1) is 0 Å². The maximum Gasteiger partial charge on any atom is 0.573 e. The van der Waals surface area contributed by atoms with Gasteiger partial charge >= 0.3 is 6.36 Å². The summed E-state index contributed by atoms with van der Waals surface area (Å²) in [7, 11) is 0. The fourth-order valence-corrected chi connectivity index (χ4v) is 1.21. The number of rotatable bonds is 3. The first-order valence-corrected chi connectivity index (χ1v) is 5.05. The van der Waals surface area contributed by atoms with Gasteiger partial charge in [0.1, 0.15) is 17.3 Å². The van der Waals surface area contributed by atoms with Gasteiger partial charge in [-0.05, 0) is 30.3 Å². The van der Waals surface area contributed by atoms with E-state index in [9.17, 15) is 13.2 Å². The Morgan fingerprint density at radius 2 is 1.53 bits per heavy atom. The van der Waals surface area contributed by atoms with Gasteiger partial charge in [0.15, 0.2) is 0 Å². The minimum absolute atomic E-state index is 0.179. The predicted octanol–water partition coefficient (Wildman–Crippen LogP) is 2.75. The number of halogens is 3. The minimum Gasteiger partial charge on any atom is -0.438 e. The maximum absolute atomic E-state index is 11.9. The number of aromatic nitrogens is 2. The van der Waals surface area contributed by atoms with Crippen molar-refractivity contribution in [1.82, 2.24) is 10.2 Å². The fourth-order valence-electron chi connectivity index (χ4n) is 1.21. The van der Waals surface area contributed by atoms with E-state index in [-0.39, 0.29) is 17.4 Å². The van der Waals surface area contributed by atoms with Crippen LogP contribution in [0.25, 0.3) is 0 Å².